The van der Waals surface area contributed by atoms with Crippen LogP contribution in [0.5, 0.6) is 5.75 Å². The number of ether oxygens (including phenoxy) is 1. The molecule has 1 heterocycles. The van der Waals surface area contributed by atoms with Gasteiger partial charge in [0.15, 0.2) is 5.96 Å². The zero-order valence-corrected chi connectivity index (χ0v) is 18.6. The molecule has 1 aromatic heterocycles. The number of amides is 1. The molecule has 0 aliphatic rings. The molecule has 2 N–H and O–H groups in total. The number of nitrogens with zero attached hydrogens (tertiary/aromatic N) is 2. The van der Waals surface area contributed by atoms with Gasteiger partial charge in [0.1, 0.15) is 11.5 Å². The highest BCUT2D eigenvalue weighted by Gasteiger charge is 2.10. The van der Waals surface area contributed by atoms with Crippen molar-refractivity contribution in [1.82, 2.24) is 15.5 Å². The second kappa shape index (κ2) is 13.0. The van der Waals surface area contributed by atoms with E-state index in [1.165, 1.54) is 11.0 Å². The molecule has 0 aliphatic heterocycles. The molecule has 0 saturated carbocycles. The van der Waals surface area contributed by atoms with Crippen LogP contribution in [0.1, 0.15) is 11.3 Å². The third kappa shape index (κ3) is 9.11. The van der Waals surface area contributed by atoms with E-state index in [2.05, 4.69) is 20.4 Å². The summed E-state index contributed by atoms with van der Waals surface area (Å²) in [6.07, 6.45) is 2.22. The molecule has 29 heavy (non-hydrogen) atoms. The van der Waals surface area contributed by atoms with E-state index in [9.17, 15) is 13.6 Å². The molecule has 0 saturated heterocycles. The number of likely N-dealkylation sites (N-methyl/N-ethyl adjacent to an activating group) is 1. The van der Waals surface area contributed by atoms with E-state index in [0.29, 0.717) is 24.5 Å². The van der Waals surface area contributed by atoms with Gasteiger partial charge in [-0.25, -0.2) is 4.99 Å². The Hall–Kier alpha value is -2.37. The van der Waals surface area contributed by atoms with Crippen LogP contribution >= 0.6 is 24.0 Å². The molecule has 10 heteroatoms. The lowest BCUT2D eigenvalue weighted by molar-refractivity contribution is -0.127. The van der Waals surface area contributed by atoms with Crippen molar-refractivity contribution in [3.8, 4) is 5.75 Å². The van der Waals surface area contributed by atoms with Crippen molar-refractivity contribution in [2.45, 2.75) is 19.6 Å². The molecular formula is C19H25F2IN4O3. The molecule has 7 nitrogen and oxygen atoms in total. The van der Waals surface area contributed by atoms with Crippen LogP contribution in [0.15, 0.2) is 52.1 Å². The lowest BCUT2D eigenvalue weighted by atomic mass is 10.2. The first-order valence-electron chi connectivity index (χ1n) is 8.73. The monoisotopic (exact) mass is 522 g/mol. The molecule has 160 valence electrons. The Morgan fingerprint density at radius 3 is 2.62 bits per heavy atom. The number of para-hydroxylation sites is 1. The van der Waals surface area contributed by atoms with Crippen molar-refractivity contribution in [3.63, 3.8) is 0 Å². The van der Waals surface area contributed by atoms with Crippen LogP contribution in [0.4, 0.5) is 8.78 Å². The number of halogens is 3. The SMILES string of the molecule is CN(C)C(=O)CNC(=NCc1ccccc1OC(F)F)NCCc1ccco1.I. The summed E-state index contributed by atoms with van der Waals surface area (Å²) in [4.78, 5) is 17.7. The fourth-order valence-electron chi connectivity index (χ4n) is 2.26. The number of hydrogen-bond donors (Lipinski definition) is 2. The third-order valence-electron chi connectivity index (χ3n) is 3.75. The molecule has 0 bridgehead atoms. The quantitative estimate of drug-likeness (QED) is 0.301. The zero-order chi connectivity index (χ0) is 20.4. The number of hydrogen-bond acceptors (Lipinski definition) is 4. The van der Waals surface area contributed by atoms with E-state index in [-0.39, 0.29) is 48.7 Å². The highest BCUT2D eigenvalue weighted by molar-refractivity contribution is 14.0. The van der Waals surface area contributed by atoms with Gasteiger partial charge in [0.2, 0.25) is 5.91 Å². The average molecular weight is 522 g/mol. The molecule has 0 radical (unpaired) electrons. The van der Waals surface area contributed by atoms with Gasteiger partial charge in [-0.2, -0.15) is 8.78 Å². The molecule has 0 spiro atoms. The maximum absolute atomic E-state index is 12.6. The van der Waals surface area contributed by atoms with Crippen molar-refractivity contribution in [3.05, 3.63) is 54.0 Å². The lowest BCUT2D eigenvalue weighted by Crippen LogP contribution is -2.43. The van der Waals surface area contributed by atoms with Crippen LogP contribution in [0.25, 0.3) is 0 Å². The van der Waals surface area contributed by atoms with Gasteiger partial charge in [0.25, 0.3) is 0 Å². The normalized spacial score (nSPS) is 11.0. The van der Waals surface area contributed by atoms with Gasteiger partial charge in [-0.3, -0.25) is 4.79 Å². The van der Waals surface area contributed by atoms with Crippen LogP contribution in [-0.4, -0.2) is 50.6 Å². The van der Waals surface area contributed by atoms with Gasteiger partial charge in [-0.1, -0.05) is 18.2 Å². The Morgan fingerprint density at radius 1 is 1.21 bits per heavy atom. The number of aliphatic imine (C=N–C) groups is 1. The predicted molar refractivity (Wildman–Crippen MR) is 117 cm³/mol. The number of furan rings is 1. The van der Waals surface area contributed by atoms with Crippen LogP contribution in [0, 0.1) is 0 Å². The smallest absolute Gasteiger partial charge is 0.387 e. The summed E-state index contributed by atoms with van der Waals surface area (Å²) in [6, 6.07) is 10.1. The van der Waals surface area contributed by atoms with E-state index < -0.39 is 6.61 Å². The van der Waals surface area contributed by atoms with E-state index >= 15 is 0 Å². The Balaban J connectivity index is 0.00000420. The summed E-state index contributed by atoms with van der Waals surface area (Å²) in [5, 5.41) is 6.04. The Kier molecular flexibility index (Phi) is 11.0. The van der Waals surface area contributed by atoms with Gasteiger partial charge < -0.3 is 24.7 Å². The van der Waals surface area contributed by atoms with Crippen molar-refractivity contribution >= 4 is 35.8 Å². The Labute approximate surface area is 185 Å². The van der Waals surface area contributed by atoms with E-state index in [0.717, 1.165) is 5.76 Å². The van der Waals surface area contributed by atoms with Crippen LogP contribution < -0.4 is 15.4 Å². The van der Waals surface area contributed by atoms with Crippen molar-refractivity contribution in [2.24, 2.45) is 4.99 Å². The topological polar surface area (TPSA) is 79.1 Å². The number of nitrogens with one attached hydrogen (secondary N) is 2. The summed E-state index contributed by atoms with van der Waals surface area (Å²) in [7, 11) is 3.31. The second-order valence-electron chi connectivity index (χ2n) is 6.05. The number of benzene rings is 1. The number of rotatable bonds is 9. The van der Waals surface area contributed by atoms with Gasteiger partial charge in [0, 0.05) is 32.6 Å². The largest absolute Gasteiger partial charge is 0.469 e. The molecule has 0 atom stereocenters. The fourth-order valence-corrected chi connectivity index (χ4v) is 2.26. The molecule has 2 rings (SSSR count). The van der Waals surface area contributed by atoms with Gasteiger partial charge >= 0.3 is 6.61 Å². The Morgan fingerprint density at radius 2 is 1.97 bits per heavy atom. The van der Waals surface area contributed by atoms with Gasteiger partial charge in [0.05, 0.1) is 19.4 Å². The molecular weight excluding hydrogens is 497 g/mol. The first-order valence-corrected chi connectivity index (χ1v) is 8.73. The molecule has 1 amide bonds. The van der Waals surface area contributed by atoms with Crippen LogP contribution in [0.2, 0.25) is 0 Å². The first kappa shape index (κ1) is 24.7. The maximum atomic E-state index is 12.6. The van der Waals surface area contributed by atoms with E-state index in [1.807, 2.05) is 6.07 Å². The summed E-state index contributed by atoms with van der Waals surface area (Å²) >= 11 is 0. The van der Waals surface area contributed by atoms with Crippen molar-refractivity contribution in [2.75, 3.05) is 27.2 Å². The minimum Gasteiger partial charge on any atom is -0.469 e. The number of carbonyl (C=O) groups excluding carboxylic acids is 1. The Bertz CT molecular complexity index is 771. The highest BCUT2D eigenvalue weighted by Crippen LogP contribution is 2.20. The summed E-state index contributed by atoms with van der Waals surface area (Å²) in [6.45, 7) is -2.24. The molecule has 0 aliphatic carbocycles. The lowest BCUT2D eigenvalue weighted by Gasteiger charge is -2.15. The van der Waals surface area contributed by atoms with Crippen molar-refractivity contribution < 1.29 is 22.7 Å². The molecule has 0 unspecified atom stereocenters. The number of guanidine groups is 1. The third-order valence-corrected chi connectivity index (χ3v) is 3.75. The van der Waals surface area contributed by atoms with Crippen LogP contribution in [0.3, 0.4) is 0 Å². The summed E-state index contributed by atoms with van der Waals surface area (Å²) in [5.74, 6) is 1.14. The van der Waals surface area contributed by atoms with Gasteiger partial charge in [-0.15, -0.1) is 24.0 Å². The summed E-state index contributed by atoms with van der Waals surface area (Å²) in [5.41, 5.74) is 0.508. The number of alkyl halides is 2. The van der Waals surface area contributed by atoms with E-state index in [4.69, 9.17) is 4.42 Å². The highest BCUT2D eigenvalue weighted by atomic mass is 127. The average Bonchev–Trinajstić information content (AvgIpc) is 3.17. The minimum atomic E-state index is -2.91. The zero-order valence-electron chi connectivity index (χ0n) is 16.2. The van der Waals surface area contributed by atoms with Crippen molar-refractivity contribution in [1.29, 1.82) is 0 Å². The molecule has 2 aromatic rings. The second-order valence-corrected chi connectivity index (χ2v) is 6.05. The van der Waals surface area contributed by atoms with Gasteiger partial charge in [-0.05, 0) is 18.2 Å². The number of carbonyl (C=O) groups is 1. The summed E-state index contributed by atoms with van der Waals surface area (Å²) < 4.78 is 34.9. The minimum absolute atomic E-state index is 0. The first-order chi connectivity index (χ1) is 13.5. The van der Waals surface area contributed by atoms with E-state index in [1.54, 1.807) is 44.6 Å². The predicted octanol–water partition coefficient (Wildman–Crippen LogP) is 2.87. The van der Waals surface area contributed by atoms with Crippen LogP contribution in [-0.2, 0) is 17.8 Å². The molecule has 0 fully saturated rings. The fraction of sp³-hybridized carbons (Fsp3) is 0.368. The maximum Gasteiger partial charge on any atom is 0.387 e. The molecule has 1 aromatic carbocycles. The standard InChI is InChI=1S/C19H24F2N4O3.HI/c1-25(2)17(26)13-24-19(22-10-9-15-7-5-11-27-15)23-12-14-6-3-4-8-16(14)28-18(20)21;/h3-8,11,18H,9-10,12-13H2,1-2H3,(H2,22,23,24);1H.